The van der Waals surface area contributed by atoms with Crippen LogP contribution in [-0.4, -0.2) is 9.97 Å². The van der Waals surface area contributed by atoms with Crippen molar-refractivity contribution in [3.63, 3.8) is 0 Å². The Bertz CT molecular complexity index is 433. The molecule has 0 saturated carbocycles. The van der Waals surface area contributed by atoms with Crippen LogP contribution in [0, 0.1) is 6.20 Å². The quantitative estimate of drug-likeness (QED) is 0.593. The van der Waals surface area contributed by atoms with Crippen LogP contribution in [0.3, 0.4) is 0 Å². The number of benzene rings is 1. The van der Waals surface area contributed by atoms with E-state index in [0.29, 0.717) is 0 Å². The molecule has 3 nitrogen and oxygen atoms in total. The number of para-hydroxylation sites is 1. The van der Waals surface area contributed by atoms with Gasteiger partial charge in [-0.15, -0.1) is 0 Å². The molecule has 53 valence electrons. The van der Waals surface area contributed by atoms with Crippen LogP contribution in [0.4, 0.5) is 0 Å². The molecule has 1 aromatic heterocycles. The number of aromatic nitrogens is 2. The zero-order chi connectivity index (χ0) is 7.68. The van der Waals surface area contributed by atoms with E-state index in [1.54, 1.807) is 0 Å². The molecule has 1 heterocycles. The molecule has 2 aromatic rings. The first-order valence-electron chi connectivity index (χ1n) is 3.23. The van der Waals surface area contributed by atoms with Crippen LogP contribution in [0.5, 0.6) is 0 Å². The van der Waals surface area contributed by atoms with E-state index in [2.05, 4.69) is 16.2 Å². The van der Waals surface area contributed by atoms with Gasteiger partial charge in [0.1, 0.15) is 6.20 Å². The van der Waals surface area contributed by atoms with Crippen LogP contribution < -0.4 is 5.69 Å². The van der Waals surface area contributed by atoms with Gasteiger partial charge in [0.15, 0.2) is 0 Å². The third kappa shape index (κ3) is 1.00. The van der Waals surface area contributed by atoms with Gasteiger partial charge in [-0.05, 0) is 6.07 Å². The molecule has 0 aliphatic heterocycles. The van der Waals surface area contributed by atoms with Crippen LogP contribution in [0.25, 0.3) is 10.9 Å². The number of hydrogen-bond donors (Lipinski definition) is 1. The first-order valence-corrected chi connectivity index (χ1v) is 3.23. The normalized spacial score (nSPS) is 10.2. The predicted molar refractivity (Wildman–Crippen MR) is 41.2 cm³/mol. The number of aromatic amines is 1. The van der Waals surface area contributed by atoms with Crippen LogP contribution in [0.15, 0.2) is 29.1 Å². The highest BCUT2D eigenvalue weighted by Crippen LogP contribution is 2.04. The summed E-state index contributed by atoms with van der Waals surface area (Å²) in [6.07, 6.45) is 2.63. The highest BCUT2D eigenvalue weighted by Gasteiger charge is 1.91. The molecular weight excluding hydrogens is 140 g/mol. The van der Waals surface area contributed by atoms with E-state index in [0.717, 1.165) is 10.9 Å². The topological polar surface area (TPSA) is 45.8 Å². The number of fused-ring (bicyclic) bond motifs is 1. The molecule has 1 radical (unpaired) electrons. The summed E-state index contributed by atoms with van der Waals surface area (Å²) in [5.74, 6) is 0. The van der Waals surface area contributed by atoms with Crippen LogP contribution in [0.1, 0.15) is 0 Å². The third-order valence-electron chi connectivity index (χ3n) is 1.45. The number of hydrogen-bond acceptors (Lipinski definition) is 2. The highest BCUT2D eigenvalue weighted by atomic mass is 16.1. The average molecular weight is 145 g/mol. The summed E-state index contributed by atoms with van der Waals surface area (Å²) in [5, 5.41) is 0.826. The zero-order valence-corrected chi connectivity index (χ0v) is 5.66. The summed E-state index contributed by atoms with van der Waals surface area (Å²) in [4.78, 5) is 16.7. The molecule has 0 saturated heterocycles. The van der Waals surface area contributed by atoms with Crippen molar-refractivity contribution in [2.45, 2.75) is 0 Å². The van der Waals surface area contributed by atoms with Gasteiger partial charge in [0.2, 0.25) is 0 Å². The van der Waals surface area contributed by atoms with Crippen molar-refractivity contribution in [3.8, 4) is 0 Å². The third-order valence-corrected chi connectivity index (χ3v) is 1.45. The van der Waals surface area contributed by atoms with Gasteiger partial charge in [0.25, 0.3) is 0 Å². The maximum Gasteiger partial charge on any atom is 0.346 e. The van der Waals surface area contributed by atoms with Gasteiger partial charge in [0, 0.05) is 5.39 Å². The molecule has 0 aliphatic rings. The summed E-state index contributed by atoms with van der Waals surface area (Å²) >= 11 is 0. The van der Waals surface area contributed by atoms with Crippen molar-refractivity contribution < 1.29 is 0 Å². The molecule has 0 bridgehead atoms. The van der Waals surface area contributed by atoms with E-state index in [-0.39, 0.29) is 5.69 Å². The predicted octanol–water partition coefficient (Wildman–Crippen LogP) is 0.723. The number of rotatable bonds is 0. The van der Waals surface area contributed by atoms with Gasteiger partial charge in [-0.1, -0.05) is 18.2 Å². The Labute approximate surface area is 62.7 Å². The highest BCUT2D eigenvalue weighted by molar-refractivity contribution is 5.76. The molecule has 3 heteroatoms. The minimum Gasteiger partial charge on any atom is -0.305 e. The lowest BCUT2D eigenvalue weighted by atomic mass is 10.2. The van der Waals surface area contributed by atoms with Crippen molar-refractivity contribution in [3.05, 3.63) is 40.9 Å². The van der Waals surface area contributed by atoms with Gasteiger partial charge in [-0.25, -0.2) is 4.79 Å². The van der Waals surface area contributed by atoms with Crippen molar-refractivity contribution in [1.82, 2.24) is 9.97 Å². The molecule has 0 aliphatic carbocycles. The Morgan fingerprint density at radius 1 is 1.36 bits per heavy atom. The molecule has 0 atom stereocenters. The van der Waals surface area contributed by atoms with Gasteiger partial charge >= 0.3 is 5.69 Å². The molecule has 0 fully saturated rings. The first kappa shape index (κ1) is 6.09. The van der Waals surface area contributed by atoms with Crippen LogP contribution >= 0.6 is 0 Å². The Morgan fingerprint density at radius 2 is 2.18 bits per heavy atom. The molecule has 11 heavy (non-hydrogen) atoms. The van der Waals surface area contributed by atoms with Gasteiger partial charge in [-0.2, -0.15) is 4.98 Å². The second kappa shape index (κ2) is 2.20. The number of H-pyrrole nitrogens is 1. The Morgan fingerprint density at radius 3 is 3.09 bits per heavy atom. The maximum atomic E-state index is 10.7. The van der Waals surface area contributed by atoms with Crippen LogP contribution in [0.2, 0.25) is 0 Å². The van der Waals surface area contributed by atoms with E-state index < -0.39 is 0 Å². The van der Waals surface area contributed by atoms with Crippen molar-refractivity contribution in [2.24, 2.45) is 0 Å². The molecule has 0 spiro atoms. The van der Waals surface area contributed by atoms with E-state index in [4.69, 9.17) is 0 Å². The fourth-order valence-electron chi connectivity index (χ4n) is 0.944. The Balaban J connectivity index is 2.94. The standard InChI is InChI=1S/C8H5N2O/c11-8-9-5-6-3-1-2-4-7(6)10-8/h1-4H,(H,9,10,11). The van der Waals surface area contributed by atoms with E-state index in [1.807, 2.05) is 24.3 Å². The number of nitrogens with one attached hydrogen (secondary N) is 1. The molecule has 1 N–H and O–H groups in total. The SMILES string of the molecule is O=c1n[c]c2ccccc2[nH]1. The second-order valence-electron chi connectivity index (χ2n) is 2.20. The van der Waals surface area contributed by atoms with Gasteiger partial charge in [-0.3, -0.25) is 0 Å². The monoisotopic (exact) mass is 145 g/mol. The second-order valence-corrected chi connectivity index (χ2v) is 2.20. The van der Waals surface area contributed by atoms with E-state index >= 15 is 0 Å². The summed E-state index contributed by atoms with van der Waals surface area (Å²) in [5.41, 5.74) is 0.413. The molecule has 0 amide bonds. The number of nitrogens with zero attached hydrogens (tertiary/aromatic N) is 1. The summed E-state index contributed by atoms with van der Waals surface area (Å²) in [6, 6.07) is 7.39. The molecular formula is C8H5N2O. The minimum absolute atomic E-state index is 0.358. The van der Waals surface area contributed by atoms with Crippen molar-refractivity contribution >= 4 is 10.9 Å². The van der Waals surface area contributed by atoms with Crippen molar-refractivity contribution in [1.29, 1.82) is 0 Å². The van der Waals surface area contributed by atoms with E-state index in [9.17, 15) is 4.79 Å². The Kier molecular flexibility index (Phi) is 1.22. The fourth-order valence-corrected chi connectivity index (χ4v) is 0.944. The fraction of sp³-hybridized carbons (Fsp3) is 0. The minimum atomic E-state index is -0.358. The lowest BCUT2D eigenvalue weighted by molar-refractivity contribution is 1.11. The van der Waals surface area contributed by atoms with Crippen LogP contribution in [-0.2, 0) is 0 Å². The van der Waals surface area contributed by atoms with Gasteiger partial charge in [0.05, 0.1) is 5.52 Å². The summed E-state index contributed by atoms with van der Waals surface area (Å²) in [7, 11) is 0. The van der Waals surface area contributed by atoms with Crippen molar-refractivity contribution in [2.75, 3.05) is 0 Å². The lowest BCUT2D eigenvalue weighted by Crippen LogP contribution is -2.08. The average Bonchev–Trinajstić information content (AvgIpc) is 2.04. The maximum absolute atomic E-state index is 10.7. The summed E-state index contributed by atoms with van der Waals surface area (Å²) in [6.45, 7) is 0. The molecule has 2 rings (SSSR count). The molecule has 1 aromatic carbocycles. The van der Waals surface area contributed by atoms with Gasteiger partial charge < -0.3 is 4.98 Å². The largest absolute Gasteiger partial charge is 0.346 e. The molecule has 0 unspecified atom stereocenters. The first-order chi connectivity index (χ1) is 5.36. The van der Waals surface area contributed by atoms with E-state index in [1.165, 1.54) is 0 Å². The zero-order valence-electron chi connectivity index (χ0n) is 5.66. The summed E-state index contributed by atoms with van der Waals surface area (Å²) < 4.78 is 0. The smallest absolute Gasteiger partial charge is 0.305 e. The lowest BCUT2D eigenvalue weighted by Gasteiger charge is -1.91. The Hall–Kier alpha value is -1.64.